The van der Waals surface area contributed by atoms with Crippen molar-refractivity contribution in [3.63, 3.8) is 0 Å². The minimum absolute atomic E-state index is 0.00230. The number of unbranched alkanes of at least 4 members (excludes halogenated alkanes) is 17. The molecule has 39 heavy (non-hydrogen) atoms. The van der Waals surface area contributed by atoms with Crippen LogP contribution in [0.15, 0.2) is 24.3 Å². The van der Waals surface area contributed by atoms with Crippen LogP contribution in [0.3, 0.4) is 0 Å². The predicted molar refractivity (Wildman–Crippen MR) is 167 cm³/mol. The summed E-state index contributed by atoms with van der Waals surface area (Å²) in [5.41, 5.74) is 0. The number of hydrogen-bond acceptors (Lipinski definition) is 3. The van der Waals surface area contributed by atoms with Gasteiger partial charge in [0.25, 0.3) is 0 Å². The molecule has 0 spiro atoms. The van der Waals surface area contributed by atoms with E-state index in [0.717, 1.165) is 64.2 Å². The third kappa shape index (κ3) is 30.8. The molecule has 4 heteroatoms. The number of carboxylic acids is 1. The van der Waals surface area contributed by atoms with Gasteiger partial charge in [-0.3, -0.25) is 9.59 Å². The Kier molecular flexibility index (Phi) is 29.7. The first-order chi connectivity index (χ1) is 19.1. The molecule has 1 atom stereocenters. The number of hydrogen-bond donors (Lipinski definition) is 1. The summed E-state index contributed by atoms with van der Waals surface area (Å²) in [6, 6.07) is 0. The van der Waals surface area contributed by atoms with E-state index in [9.17, 15) is 9.59 Å². The molecule has 0 aliphatic heterocycles. The van der Waals surface area contributed by atoms with Crippen molar-refractivity contribution in [1.29, 1.82) is 0 Å². The topological polar surface area (TPSA) is 63.6 Å². The molecule has 0 heterocycles. The van der Waals surface area contributed by atoms with Crippen LogP contribution >= 0.6 is 0 Å². The molecule has 0 aromatic heterocycles. The van der Waals surface area contributed by atoms with E-state index < -0.39 is 5.97 Å². The zero-order valence-electron chi connectivity index (χ0n) is 25.9. The highest BCUT2D eigenvalue weighted by molar-refractivity contribution is 5.69. The van der Waals surface area contributed by atoms with Crippen LogP contribution in [0.5, 0.6) is 0 Å². The lowest BCUT2D eigenvalue weighted by Gasteiger charge is -2.17. The molecule has 0 aliphatic rings. The molecule has 0 amide bonds. The average Bonchev–Trinajstić information content (AvgIpc) is 2.91. The lowest BCUT2D eigenvalue weighted by Crippen LogP contribution is -2.18. The highest BCUT2D eigenvalue weighted by Gasteiger charge is 2.13. The fourth-order valence-corrected chi connectivity index (χ4v) is 4.97. The van der Waals surface area contributed by atoms with Crippen LogP contribution in [0.2, 0.25) is 0 Å². The summed E-state index contributed by atoms with van der Waals surface area (Å²) in [7, 11) is 0. The van der Waals surface area contributed by atoms with Crippen molar-refractivity contribution in [2.75, 3.05) is 0 Å². The molecule has 0 bridgehead atoms. The molecule has 0 radical (unpaired) electrons. The Morgan fingerprint density at radius 3 is 1.59 bits per heavy atom. The third-order valence-corrected chi connectivity index (χ3v) is 7.41. The molecule has 0 aromatic carbocycles. The summed E-state index contributed by atoms with van der Waals surface area (Å²) >= 11 is 0. The van der Waals surface area contributed by atoms with Crippen LogP contribution < -0.4 is 0 Å². The minimum atomic E-state index is -0.678. The Morgan fingerprint density at radius 1 is 0.564 bits per heavy atom. The smallest absolute Gasteiger partial charge is 0.306 e. The largest absolute Gasteiger partial charge is 0.481 e. The van der Waals surface area contributed by atoms with Gasteiger partial charge in [0.15, 0.2) is 0 Å². The summed E-state index contributed by atoms with van der Waals surface area (Å²) in [5.74, 6) is -0.676. The van der Waals surface area contributed by atoms with Crippen LogP contribution in [0, 0.1) is 0 Å². The van der Waals surface area contributed by atoms with Gasteiger partial charge in [0.2, 0.25) is 0 Å². The van der Waals surface area contributed by atoms with Crippen molar-refractivity contribution in [2.45, 2.75) is 187 Å². The maximum atomic E-state index is 12.3. The Hall–Kier alpha value is -1.58. The maximum Gasteiger partial charge on any atom is 0.306 e. The number of aliphatic carboxylic acids is 1. The van der Waals surface area contributed by atoms with Crippen molar-refractivity contribution < 1.29 is 19.4 Å². The second kappa shape index (κ2) is 31.0. The highest BCUT2D eigenvalue weighted by atomic mass is 16.5. The van der Waals surface area contributed by atoms with Crippen molar-refractivity contribution in [2.24, 2.45) is 0 Å². The van der Waals surface area contributed by atoms with Gasteiger partial charge in [-0.05, 0) is 64.2 Å². The third-order valence-electron chi connectivity index (χ3n) is 7.41. The van der Waals surface area contributed by atoms with Gasteiger partial charge in [-0.2, -0.15) is 0 Å². The van der Waals surface area contributed by atoms with Gasteiger partial charge in [0.1, 0.15) is 6.10 Å². The van der Waals surface area contributed by atoms with E-state index in [-0.39, 0.29) is 12.1 Å². The van der Waals surface area contributed by atoms with E-state index in [1.165, 1.54) is 89.9 Å². The Labute approximate surface area is 242 Å². The van der Waals surface area contributed by atoms with Crippen molar-refractivity contribution in [3.05, 3.63) is 24.3 Å². The summed E-state index contributed by atoms with van der Waals surface area (Å²) < 4.78 is 5.83. The fourth-order valence-electron chi connectivity index (χ4n) is 4.97. The molecule has 0 aliphatic carbocycles. The zero-order chi connectivity index (χ0) is 28.7. The van der Waals surface area contributed by atoms with Crippen LogP contribution in [-0.2, 0) is 14.3 Å². The molecular formula is C35H64O4. The molecule has 4 nitrogen and oxygen atoms in total. The summed E-state index contributed by atoms with van der Waals surface area (Å²) in [6.45, 7) is 4.42. The molecule has 0 aromatic rings. The first-order valence-electron chi connectivity index (χ1n) is 16.8. The number of ether oxygens (including phenoxy) is 1. The lowest BCUT2D eigenvalue weighted by atomic mass is 10.0. The van der Waals surface area contributed by atoms with Crippen LogP contribution in [0.25, 0.3) is 0 Å². The van der Waals surface area contributed by atoms with Crippen molar-refractivity contribution in [3.8, 4) is 0 Å². The van der Waals surface area contributed by atoms with E-state index >= 15 is 0 Å². The van der Waals surface area contributed by atoms with Gasteiger partial charge in [0, 0.05) is 12.8 Å². The first kappa shape index (κ1) is 37.4. The van der Waals surface area contributed by atoms with E-state index in [2.05, 4.69) is 38.2 Å². The van der Waals surface area contributed by atoms with Crippen LogP contribution in [0.4, 0.5) is 0 Å². The Bertz CT molecular complexity index is 595. The standard InChI is InChI=1S/C35H64O4/c1-3-5-6-7-8-9-10-11-12-13-14-19-22-25-28-32-35(38)39-33(29-4-2)30-26-23-20-17-15-16-18-21-24-27-31-34(36)37/h8-9,11-12,33H,3-7,10,13-32H2,1-2H3,(H,36,37)/b9-8-,12-11-. The SMILES string of the molecule is CCCCC/C=C\C/C=C\CCCCCCCC(=O)OC(CCC)CCCCCCCCCCCCC(=O)O. The molecule has 228 valence electrons. The number of carbonyl (C=O) groups excluding carboxylic acids is 1. The van der Waals surface area contributed by atoms with Crippen molar-refractivity contribution in [1.82, 2.24) is 0 Å². The number of esters is 1. The molecule has 1 unspecified atom stereocenters. The van der Waals surface area contributed by atoms with E-state index in [4.69, 9.17) is 9.84 Å². The Morgan fingerprint density at radius 2 is 1.05 bits per heavy atom. The summed E-state index contributed by atoms with van der Waals surface area (Å²) in [6.07, 6.45) is 38.1. The van der Waals surface area contributed by atoms with E-state index in [0.29, 0.717) is 12.8 Å². The zero-order valence-corrected chi connectivity index (χ0v) is 25.9. The summed E-state index contributed by atoms with van der Waals surface area (Å²) in [5, 5.41) is 8.65. The molecule has 1 N–H and O–H groups in total. The average molecular weight is 549 g/mol. The normalized spacial score (nSPS) is 12.5. The molecular weight excluding hydrogens is 484 g/mol. The second-order valence-electron chi connectivity index (χ2n) is 11.3. The van der Waals surface area contributed by atoms with Crippen molar-refractivity contribution >= 4 is 11.9 Å². The van der Waals surface area contributed by atoms with Crippen LogP contribution in [0.1, 0.15) is 181 Å². The molecule has 0 rings (SSSR count). The van der Waals surface area contributed by atoms with Gasteiger partial charge in [-0.1, -0.05) is 128 Å². The second-order valence-corrected chi connectivity index (χ2v) is 11.3. The quantitative estimate of drug-likeness (QED) is 0.0550. The molecule has 0 saturated heterocycles. The van der Waals surface area contributed by atoms with E-state index in [1.54, 1.807) is 0 Å². The van der Waals surface area contributed by atoms with Gasteiger partial charge in [-0.25, -0.2) is 0 Å². The number of carboxylic acid groups (broad SMARTS) is 1. The first-order valence-corrected chi connectivity index (χ1v) is 16.8. The lowest BCUT2D eigenvalue weighted by molar-refractivity contribution is -0.150. The van der Waals surface area contributed by atoms with Gasteiger partial charge < -0.3 is 9.84 Å². The minimum Gasteiger partial charge on any atom is -0.481 e. The molecule has 0 saturated carbocycles. The monoisotopic (exact) mass is 548 g/mol. The van der Waals surface area contributed by atoms with Gasteiger partial charge >= 0.3 is 11.9 Å². The number of carbonyl (C=O) groups is 2. The van der Waals surface area contributed by atoms with Gasteiger partial charge in [-0.15, -0.1) is 0 Å². The highest BCUT2D eigenvalue weighted by Crippen LogP contribution is 2.17. The fraction of sp³-hybridized carbons (Fsp3) is 0.829. The summed E-state index contributed by atoms with van der Waals surface area (Å²) in [4.78, 5) is 22.8. The Balaban J connectivity index is 3.61. The molecule has 0 fully saturated rings. The van der Waals surface area contributed by atoms with Gasteiger partial charge in [0.05, 0.1) is 0 Å². The van der Waals surface area contributed by atoms with Crippen LogP contribution in [-0.4, -0.2) is 23.1 Å². The number of rotatable bonds is 30. The number of allylic oxidation sites excluding steroid dienone is 4. The van der Waals surface area contributed by atoms with E-state index in [1.807, 2.05) is 0 Å². The maximum absolute atomic E-state index is 12.3. The predicted octanol–water partition coefficient (Wildman–Crippen LogP) is 11.3.